The molecule has 0 atom stereocenters. The number of benzene rings is 2. The van der Waals surface area contributed by atoms with Gasteiger partial charge in [-0.05, 0) is 58.8 Å². The maximum absolute atomic E-state index is 2.43. The van der Waals surface area contributed by atoms with Crippen molar-refractivity contribution in [3.05, 3.63) is 59.7 Å². The molecule has 0 aliphatic heterocycles. The van der Waals surface area contributed by atoms with Gasteiger partial charge in [-0.2, -0.15) is 33.6 Å². The molecule has 0 fully saturated rings. The van der Waals surface area contributed by atoms with E-state index in [0.717, 1.165) is 0 Å². The number of rotatable bonds is 13. The predicted molar refractivity (Wildman–Crippen MR) is 142 cm³/mol. The Hall–Kier alpha value is -0.293. The normalized spacial score (nSPS) is 13.5. The molecule has 0 nitrogen and oxygen atoms in total. The second-order valence-corrected chi connectivity index (χ2v) is 22.4. The molecule has 29 heavy (non-hydrogen) atoms. The van der Waals surface area contributed by atoms with Crippen LogP contribution in [0.1, 0.15) is 76.0 Å². The minimum absolute atomic E-state index is 0.612. The van der Waals surface area contributed by atoms with Crippen molar-refractivity contribution in [2.75, 3.05) is 17.3 Å². The van der Waals surface area contributed by atoms with E-state index in [1.807, 2.05) is 0 Å². The van der Waals surface area contributed by atoms with Crippen LogP contribution in [-0.4, -0.2) is 22.8 Å². The Morgan fingerprint density at radius 2 is 1.00 bits per heavy atom. The molecule has 0 saturated carbocycles. The highest BCUT2D eigenvalue weighted by Crippen LogP contribution is 2.59. The van der Waals surface area contributed by atoms with Crippen LogP contribution in [0, 0.1) is 0 Å². The maximum Gasteiger partial charge on any atom is 0.249 e. The fourth-order valence-corrected chi connectivity index (χ4v) is 23.3. The van der Waals surface area contributed by atoms with Gasteiger partial charge in [0.2, 0.25) is 5.52 Å². The Bertz CT molecular complexity index is 689. The van der Waals surface area contributed by atoms with E-state index in [2.05, 4.69) is 103 Å². The molecule has 4 heteroatoms. The SMILES string of the molecule is CCCCS[Si](SCCCC)(SCCCC)C1c2ccccc2-c2ccccc21. The smallest absolute Gasteiger partial charge is 0.161 e. The van der Waals surface area contributed by atoms with Gasteiger partial charge in [0.25, 0.3) is 0 Å². The quantitative estimate of drug-likeness (QED) is 0.216. The molecule has 0 heterocycles. The van der Waals surface area contributed by atoms with Gasteiger partial charge < -0.3 is 0 Å². The second-order valence-electron chi connectivity index (χ2n) is 7.82. The largest absolute Gasteiger partial charge is 0.249 e. The molecule has 1 aliphatic rings. The molecule has 3 rings (SSSR count). The zero-order valence-electron chi connectivity index (χ0n) is 18.3. The van der Waals surface area contributed by atoms with E-state index in [1.165, 1.54) is 66.9 Å². The Morgan fingerprint density at radius 1 is 0.621 bits per heavy atom. The molecule has 0 saturated heterocycles. The Balaban J connectivity index is 2.04. The summed E-state index contributed by atoms with van der Waals surface area (Å²) in [5, 5.41) is 0. The Kier molecular flexibility index (Phi) is 9.61. The van der Waals surface area contributed by atoms with E-state index in [9.17, 15) is 0 Å². The topological polar surface area (TPSA) is 0 Å². The second kappa shape index (κ2) is 11.9. The van der Waals surface area contributed by atoms with Gasteiger partial charge in [-0.3, -0.25) is 0 Å². The highest BCUT2D eigenvalue weighted by molar-refractivity contribution is 8.81. The summed E-state index contributed by atoms with van der Waals surface area (Å²) >= 11 is 7.15. The zero-order chi connectivity index (χ0) is 20.5. The fraction of sp³-hybridized carbons (Fsp3) is 0.520. The van der Waals surface area contributed by atoms with Crippen molar-refractivity contribution in [2.45, 2.75) is 64.8 Å². The van der Waals surface area contributed by atoms with Crippen LogP contribution in [0.25, 0.3) is 11.1 Å². The molecule has 0 unspecified atom stereocenters. The van der Waals surface area contributed by atoms with Gasteiger partial charge in [-0.25, -0.2) is 0 Å². The van der Waals surface area contributed by atoms with Crippen molar-refractivity contribution >= 4 is 39.2 Å². The minimum Gasteiger partial charge on any atom is -0.161 e. The molecule has 0 radical (unpaired) electrons. The third-order valence-electron chi connectivity index (χ3n) is 5.59. The summed E-state index contributed by atoms with van der Waals surface area (Å²) in [7, 11) is 0. The van der Waals surface area contributed by atoms with Crippen molar-refractivity contribution < 1.29 is 0 Å². The standard InChI is InChI=1S/C25H36S3Si/c1-4-7-18-26-29(27-19-8-5-2,28-20-9-6-3)25-23-16-12-10-14-21(23)22-15-11-13-17-24(22)25/h10-17,25H,4-9,18-20H2,1-3H3. The van der Waals surface area contributed by atoms with Crippen LogP contribution in [-0.2, 0) is 0 Å². The van der Waals surface area contributed by atoms with Crippen LogP contribution in [0.15, 0.2) is 48.5 Å². The lowest BCUT2D eigenvalue weighted by Crippen LogP contribution is -2.34. The van der Waals surface area contributed by atoms with E-state index in [4.69, 9.17) is 0 Å². The van der Waals surface area contributed by atoms with E-state index in [0.29, 0.717) is 5.54 Å². The molecule has 0 spiro atoms. The molecule has 2 aromatic rings. The van der Waals surface area contributed by atoms with Crippen molar-refractivity contribution in [3.63, 3.8) is 0 Å². The van der Waals surface area contributed by atoms with Crippen LogP contribution in [0.3, 0.4) is 0 Å². The summed E-state index contributed by atoms with van der Waals surface area (Å²) in [6.07, 6.45) is 7.94. The summed E-state index contributed by atoms with van der Waals surface area (Å²) in [6.45, 7) is 7.00. The van der Waals surface area contributed by atoms with Gasteiger partial charge in [0.05, 0.1) is 0 Å². The van der Waals surface area contributed by atoms with E-state index < -0.39 is 5.52 Å². The zero-order valence-corrected chi connectivity index (χ0v) is 21.7. The number of unbranched alkanes of at least 4 members (excludes halogenated alkanes) is 3. The van der Waals surface area contributed by atoms with Crippen LogP contribution >= 0.6 is 33.6 Å². The first-order valence-electron chi connectivity index (χ1n) is 11.4. The van der Waals surface area contributed by atoms with Gasteiger partial charge in [-0.15, -0.1) is 0 Å². The number of fused-ring (bicyclic) bond motifs is 3. The molecule has 1 aliphatic carbocycles. The lowest BCUT2D eigenvalue weighted by molar-refractivity contribution is 0.896. The molecule has 0 amide bonds. The van der Waals surface area contributed by atoms with Crippen molar-refractivity contribution in [2.24, 2.45) is 0 Å². The summed E-state index contributed by atoms with van der Waals surface area (Å²) in [5.41, 5.74) is 5.09. The van der Waals surface area contributed by atoms with Crippen molar-refractivity contribution in [1.82, 2.24) is 0 Å². The highest BCUT2D eigenvalue weighted by Gasteiger charge is 2.49. The van der Waals surface area contributed by atoms with Crippen LogP contribution in [0.2, 0.25) is 0 Å². The van der Waals surface area contributed by atoms with E-state index in [1.54, 1.807) is 11.1 Å². The fourth-order valence-electron chi connectivity index (χ4n) is 3.99. The maximum atomic E-state index is 2.43. The van der Waals surface area contributed by atoms with E-state index in [-0.39, 0.29) is 0 Å². The third kappa shape index (κ3) is 5.50. The summed E-state index contributed by atoms with van der Waals surface area (Å²) in [5.74, 6) is 3.96. The first kappa shape index (κ1) is 23.4. The lowest BCUT2D eigenvalue weighted by Gasteiger charge is -2.36. The van der Waals surface area contributed by atoms with Gasteiger partial charge in [-0.1, -0.05) is 88.6 Å². The molecule has 2 aromatic carbocycles. The predicted octanol–water partition coefficient (Wildman–Crippen LogP) is 8.88. The van der Waals surface area contributed by atoms with Crippen molar-refractivity contribution in [1.29, 1.82) is 0 Å². The van der Waals surface area contributed by atoms with Crippen LogP contribution in [0.4, 0.5) is 0 Å². The summed E-state index contributed by atoms with van der Waals surface area (Å²) in [6, 6.07) is 18.6. The average molecular weight is 461 g/mol. The van der Waals surface area contributed by atoms with Gasteiger partial charge in [0.15, 0.2) is 0 Å². The first-order valence-corrected chi connectivity index (χ1v) is 18.6. The highest BCUT2D eigenvalue weighted by atomic mass is 32.8. The third-order valence-corrected chi connectivity index (χ3v) is 23.5. The number of hydrogen-bond acceptors (Lipinski definition) is 3. The van der Waals surface area contributed by atoms with Gasteiger partial charge in [0, 0.05) is 5.54 Å². The Morgan fingerprint density at radius 3 is 1.38 bits per heavy atom. The molecule has 158 valence electrons. The summed E-state index contributed by atoms with van der Waals surface area (Å²) in [4.78, 5) is 0. The molecule has 0 N–H and O–H groups in total. The van der Waals surface area contributed by atoms with Crippen LogP contribution < -0.4 is 0 Å². The van der Waals surface area contributed by atoms with Crippen molar-refractivity contribution in [3.8, 4) is 11.1 Å². The van der Waals surface area contributed by atoms with Crippen LogP contribution in [0.5, 0.6) is 0 Å². The summed E-state index contributed by atoms with van der Waals surface area (Å²) < 4.78 is 0. The van der Waals surface area contributed by atoms with E-state index >= 15 is 0 Å². The average Bonchev–Trinajstić information content (AvgIpc) is 3.09. The van der Waals surface area contributed by atoms with Gasteiger partial charge >= 0.3 is 0 Å². The molecular formula is C25H36S3Si. The Labute approximate surface area is 191 Å². The molecule has 0 aromatic heterocycles. The minimum atomic E-state index is -1.73. The first-order chi connectivity index (χ1) is 14.3. The van der Waals surface area contributed by atoms with Gasteiger partial charge in [0.1, 0.15) is 0 Å². The monoisotopic (exact) mass is 460 g/mol. The number of hydrogen-bond donors (Lipinski definition) is 0. The molecular weight excluding hydrogens is 425 g/mol. The lowest BCUT2D eigenvalue weighted by atomic mass is 10.1. The molecule has 0 bridgehead atoms.